The number of hydrogen-bond donors (Lipinski definition) is 3. The number of carbonyl (C=O) groups excluding carboxylic acids is 3. The molecule has 1 fully saturated rings. The molecule has 3 N–H and O–H groups in total. The molecule has 1 aliphatic rings. The summed E-state index contributed by atoms with van der Waals surface area (Å²) in [6, 6.07) is 11.3. The molecule has 2 aromatic carbocycles. The average Bonchev–Trinajstić information content (AvgIpc) is 2.75. The molecule has 0 aliphatic carbocycles. The van der Waals surface area contributed by atoms with E-state index in [1.807, 2.05) is 0 Å². The first-order valence-corrected chi connectivity index (χ1v) is 10.2. The minimum Gasteiger partial charge on any atom is -0.480 e. The van der Waals surface area contributed by atoms with E-state index in [-0.39, 0.29) is 11.5 Å². The van der Waals surface area contributed by atoms with E-state index in [9.17, 15) is 24.3 Å². The second-order valence-corrected chi connectivity index (χ2v) is 7.61. The van der Waals surface area contributed by atoms with Crippen LogP contribution >= 0.6 is 11.6 Å². The van der Waals surface area contributed by atoms with Gasteiger partial charge in [-0.15, -0.1) is 0 Å². The van der Waals surface area contributed by atoms with E-state index in [0.29, 0.717) is 29.4 Å². The number of rotatable bonds is 7. The van der Waals surface area contributed by atoms with E-state index < -0.39 is 30.2 Å². The van der Waals surface area contributed by atoms with Gasteiger partial charge in [-0.3, -0.25) is 14.4 Å². The summed E-state index contributed by atoms with van der Waals surface area (Å²) in [6.07, 6.45) is 1.86. The molecule has 2 aromatic rings. The molecule has 1 saturated heterocycles. The van der Waals surface area contributed by atoms with Crippen LogP contribution in [0.25, 0.3) is 0 Å². The Labute approximate surface area is 184 Å². The molecule has 3 rings (SSSR count). The first kappa shape index (κ1) is 22.3. The molecule has 31 heavy (non-hydrogen) atoms. The van der Waals surface area contributed by atoms with Crippen LogP contribution < -0.4 is 15.5 Å². The smallest absolute Gasteiger partial charge is 0.326 e. The van der Waals surface area contributed by atoms with Crippen molar-refractivity contribution in [1.29, 1.82) is 0 Å². The highest BCUT2D eigenvalue weighted by atomic mass is 35.5. The maximum atomic E-state index is 12.5. The number of amides is 3. The van der Waals surface area contributed by atoms with E-state index >= 15 is 0 Å². The SMILES string of the molecule is O=C(C[C@H](NC(=O)c1ccc(N2CCCCC2=O)cc1)C(=O)O)Nc1ccc(Cl)cc1. The van der Waals surface area contributed by atoms with Crippen molar-refractivity contribution < 1.29 is 24.3 Å². The van der Waals surface area contributed by atoms with Gasteiger partial charge in [0.2, 0.25) is 11.8 Å². The molecule has 3 amide bonds. The second kappa shape index (κ2) is 10.1. The second-order valence-electron chi connectivity index (χ2n) is 7.17. The lowest BCUT2D eigenvalue weighted by atomic mass is 10.1. The Balaban J connectivity index is 1.60. The number of carbonyl (C=O) groups is 4. The van der Waals surface area contributed by atoms with Crippen LogP contribution in [0.5, 0.6) is 0 Å². The van der Waals surface area contributed by atoms with Gasteiger partial charge in [0.25, 0.3) is 5.91 Å². The molecule has 0 radical (unpaired) electrons. The van der Waals surface area contributed by atoms with E-state index in [4.69, 9.17) is 11.6 Å². The quantitative estimate of drug-likeness (QED) is 0.608. The Morgan fingerprint density at radius 2 is 1.71 bits per heavy atom. The number of piperidine rings is 1. The molecule has 9 heteroatoms. The topological polar surface area (TPSA) is 116 Å². The van der Waals surface area contributed by atoms with E-state index in [1.54, 1.807) is 41.3 Å². The molecule has 0 spiro atoms. The molecule has 0 unspecified atom stereocenters. The first-order chi connectivity index (χ1) is 14.8. The van der Waals surface area contributed by atoms with Crippen molar-refractivity contribution in [2.45, 2.75) is 31.7 Å². The molecule has 0 aromatic heterocycles. The van der Waals surface area contributed by atoms with Crippen LogP contribution in [0.1, 0.15) is 36.0 Å². The van der Waals surface area contributed by atoms with Crippen LogP contribution in [0.4, 0.5) is 11.4 Å². The number of anilines is 2. The van der Waals surface area contributed by atoms with Crippen molar-refractivity contribution in [3.8, 4) is 0 Å². The summed E-state index contributed by atoms with van der Waals surface area (Å²) >= 11 is 5.79. The van der Waals surface area contributed by atoms with Crippen LogP contribution in [-0.2, 0) is 14.4 Å². The number of halogens is 1. The summed E-state index contributed by atoms with van der Waals surface area (Å²) in [6.45, 7) is 0.633. The largest absolute Gasteiger partial charge is 0.480 e. The van der Waals surface area contributed by atoms with E-state index in [2.05, 4.69) is 10.6 Å². The highest BCUT2D eigenvalue weighted by Gasteiger charge is 2.24. The van der Waals surface area contributed by atoms with Gasteiger partial charge in [-0.05, 0) is 61.4 Å². The van der Waals surface area contributed by atoms with E-state index in [1.165, 1.54) is 12.1 Å². The molecule has 1 heterocycles. The van der Waals surface area contributed by atoms with Crippen LogP contribution in [0.2, 0.25) is 5.02 Å². The molecular formula is C22H22ClN3O5. The number of nitrogens with one attached hydrogen (secondary N) is 2. The highest BCUT2D eigenvalue weighted by molar-refractivity contribution is 6.30. The van der Waals surface area contributed by atoms with Gasteiger partial charge in [0.05, 0.1) is 6.42 Å². The van der Waals surface area contributed by atoms with Gasteiger partial charge in [-0.2, -0.15) is 0 Å². The zero-order chi connectivity index (χ0) is 22.4. The molecule has 0 bridgehead atoms. The summed E-state index contributed by atoms with van der Waals surface area (Å²) in [5, 5.41) is 14.8. The Morgan fingerprint density at radius 3 is 2.32 bits per heavy atom. The summed E-state index contributed by atoms with van der Waals surface area (Å²) in [4.78, 5) is 49.9. The average molecular weight is 444 g/mol. The fourth-order valence-corrected chi connectivity index (χ4v) is 3.37. The van der Waals surface area contributed by atoms with Crippen molar-refractivity contribution in [1.82, 2.24) is 5.32 Å². The summed E-state index contributed by atoms with van der Waals surface area (Å²) < 4.78 is 0. The van der Waals surface area contributed by atoms with Crippen molar-refractivity contribution in [3.63, 3.8) is 0 Å². The van der Waals surface area contributed by atoms with Crippen molar-refractivity contribution in [2.24, 2.45) is 0 Å². The fraction of sp³-hybridized carbons (Fsp3) is 0.273. The minimum absolute atomic E-state index is 0.0427. The zero-order valence-electron chi connectivity index (χ0n) is 16.6. The standard InChI is InChI=1S/C22H22ClN3O5/c23-15-6-8-16(9-7-15)24-19(27)13-18(22(30)31)25-21(29)14-4-10-17(11-5-14)26-12-2-1-3-20(26)28/h4-11,18H,1-3,12-13H2,(H,24,27)(H,25,29)(H,30,31)/t18-/m0/s1. The highest BCUT2D eigenvalue weighted by Crippen LogP contribution is 2.21. The summed E-state index contributed by atoms with van der Waals surface area (Å²) in [5.74, 6) is -2.46. The number of benzene rings is 2. The van der Waals surface area contributed by atoms with Gasteiger partial charge < -0.3 is 20.6 Å². The minimum atomic E-state index is -1.40. The number of nitrogens with zero attached hydrogens (tertiary/aromatic N) is 1. The lowest BCUT2D eigenvalue weighted by Gasteiger charge is -2.26. The van der Waals surface area contributed by atoms with Crippen LogP contribution in [-0.4, -0.2) is 41.4 Å². The zero-order valence-corrected chi connectivity index (χ0v) is 17.4. The van der Waals surface area contributed by atoms with Gasteiger partial charge in [-0.25, -0.2) is 4.79 Å². The van der Waals surface area contributed by atoms with Gasteiger partial charge in [0.1, 0.15) is 6.04 Å². The third kappa shape index (κ3) is 6.05. The lowest BCUT2D eigenvalue weighted by Crippen LogP contribution is -2.43. The Bertz CT molecular complexity index is 976. The lowest BCUT2D eigenvalue weighted by molar-refractivity contribution is -0.140. The van der Waals surface area contributed by atoms with Gasteiger partial charge in [0.15, 0.2) is 0 Å². The number of carboxylic acids is 1. The molecule has 162 valence electrons. The maximum absolute atomic E-state index is 12.5. The maximum Gasteiger partial charge on any atom is 0.326 e. The van der Waals surface area contributed by atoms with Gasteiger partial charge in [0, 0.05) is 34.9 Å². The first-order valence-electron chi connectivity index (χ1n) is 9.83. The Morgan fingerprint density at radius 1 is 1.03 bits per heavy atom. The van der Waals surface area contributed by atoms with E-state index in [0.717, 1.165) is 12.8 Å². The van der Waals surface area contributed by atoms with Crippen LogP contribution in [0, 0.1) is 0 Å². The molecule has 1 atom stereocenters. The summed E-state index contributed by atoms with van der Waals surface area (Å²) in [5.41, 5.74) is 1.39. The van der Waals surface area contributed by atoms with Crippen molar-refractivity contribution in [3.05, 3.63) is 59.1 Å². The van der Waals surface area contributed by atoms with Crippen LogP contribution in [0.3, 0.4) is 0 Å². The third-order valence-electron chi connectivity index (χ3n) is 4.89. The Kier molecular flexibility index (Phi) is 7.25. The molecule has 0 saturated carbocycles. The Hall–Kier alpha value is -3.39. The van der Waals surface area contributed by atoms with Crippen LogP contribution in [0.15, 0.2) is 48.5 Å². The number of hydrogen-bond acceptors (Lipinski definition) is 4. The normalized spacial score (nSPS) is 14.6. The van der Waals surface area contributed by atoms with Gasteiger partial charge >= 0.3 is 5.97 Å². The molecule has 8 nitrogen and oxygen atoms in total. The van der Waals surface area contributed by atoms with Crippen molar-refractivity contribution in [2.75, 3.05) is 16.8 Å². The molecule has 1 aliphatic heterocycles. The van der Waals surface area contributed by atoms with Crippen molar-refractivity contribution >= 4 is 46.7 Å². The monoisotopic (exact) mass is 443 g/mol. The van der Waals surface area contributed by atoms with Gasteiger partial charge in [-0.1, -0.05) is 11.6 Å². The fourth-order valence-electron chi connectivity index (χ4n) is 3.24. The third-order valence-corrected chi connectivity index (χ3v) is 5.14. The number of aliphatic carboxylic acids is 1. The summed E-state index contributed by atoms with van der Waals surface area (Å²) in [7, 11) is 0. The molecular weight excluding hydrogens is 422 g/mol. The number of carboxylic acid groups (broad SMARTS) is 1. The predicted molar refractivity (Wildman–Crippen MR) is 116 cm³/mol. The predicted octanol–water partition coefficient (Wildman–Crippen LogP) is 3.07.